The van der Waals surface area contributed by atoms with E-state index in [0.717, 1.165) is 16.7 Å². The molecule has 0 unspecified atom stereocenters. The summed E-state index contributed by atoms with van der Waals surface area (Å²) in [6, 6.07) is 18.9. The zero-order valence-corrected chi connectivity index (χ0v) is 21.5. The van der Waals surface area contributed by atoms with E-state index in [1.807, 2.05) is 0 Å². The molecular weight excluding hydrogens is 535 g/mol. The number of methoxy groups -OCH3 is 1. The largest absolute Gasteiger partial charge is 0.507 e. The number of phenolic OH excluding ortho intramolecular Hbond substituents is 1. The van der Waals surface area contributed by atoms with Gasteiger partial charge in [0.2, 0.25) is 0 Å². The molecule has 9 heteroatoms. The zero-order chi connectivity index (χ0) is 27.4. The Morgan fingerprint density at radius 3 is 1.87 bits per heavy atom. The lowest BCUT2D eigenvalue weighted by Gasteiger charge is -2.18. The van der Waals surface area contributed by atoms with Crippen molar-refractivity contribution in [2.45, 2.75) is 12.5 Å². The highest BCUT2D eigenvalue weighted by Gasteiger charge is 2.24. The van der Waals surface area contributed by atoms with Crippen molar-refractivity contribution >= 4 is 35.1 Å². The van der Waals surface area contributed by atoms with Gasteiger partial charge >= 0.3 is 5.97 Å². The van der Waals surface area contributed by atoms with Gasteiger partial charge in [0.25, 0.3) is 5.91 Å². The van der Waals surface area contributed by atoms with E-state index in [1.54, 1.807) is 36.4 Å². The summed E-state index contributed by atoms with van der Waals surface area (Å²) in [6.45, 7) is 0. The molecular formula is C29H21Cl2F2NO4. The SMILES string of the molecule is COC(=O)[C@H](Cc1ccc(-c2ccc(F)c(Cl)c2)cc1)NC(=O)c1cc(-c2ccc(F)c(Cl)c2)ccc1O. The van der Waals surface area contributed by atoms with E-state index >= 15 is 0 Å². The normalized spacial score (nSPS) is 11.6. The molecule has 0 spiro atoms. The molecule has 0 bridgehead atoms. The van der Waals surface area contributed by atoms with E-state index in [9.17, 15) is 23.5 Å². The topological polar surface area (TPSA) is 75.6 Å². The Morgan fingerprint density at radius 2 is 1.32 bits per heavy atom. The number of phenols is 1. The number of carbonyl (C=O) groups excluding carboxylic acids is 2. The Hall–Kier alpha value is -3.94. The third-order valence-corrected chi connectivity index (χ3v) is 6.51. The highest BCUT2D eigenvalue weighted by Crippen LogP contribution is 2.29. The monoisotopic (exact) mass is 555 g/mol. The van der Waals surface area contributed by atoms with Gasteiger partial charge in [-0.15, -0.1) is 0 Å². The molecule has 0 saturated carbocycles. The molecule has 0 fully saturated rings. The smallest absolute Gasteiger partial charge is 0.328 e. The Kier molecular flexibility index (Phi) is 8.29. The van der Waals surface area contributed by atoms with Crippen LogP contribution in [0.3, 0.4) is 0 Å². The lowest BCUT2D eigenvalue weighted by molar-refractivity contribution is -0.142. The van der Waals surface area contributed by atoms with Gasteiger partial charge in [0.1, 0.15) is 23.4 Å². The molecule has 4 aromatic carbocycles. The first-order valence-electron chi connectivity index (χ1n) is 11.4. The lowest BCUT2D eigenvalue weighted by atomic mass is 9.99. The number of amides is 1. The molecule has 1 atom stereocenters. The van der Waals surface area contributed by atoms with Crippen LogP contribution in [0.2, 0.25) is 10.0 Å². The van der Waals surface area contributed by atoms with Crippen molar-refractivity contribution in [1.29, 1.82) is 0 Å². The predicted molar refractivity (Wildman–Crippen MR) is 142 cm³/mol. The minimum Gasteiger partial charge on any atom is -0.507 e. The molecule has 194 valence electrons. The highest BCUT2D eigenvalue weighted by atomic mass is 35.5. The maximum absolute atomic E-state index is 13.6. The van der Waals surface area contributed by atoms with Gasteiger partial charge in [0.15, 0.2) is 0 Å². The summed E-state index contributed by atoms with van der Waals surface area (Å²) in [6.07, 6.45) is 0.108. The van der Waals surface area contributed by atoms with E-state index in [2.05, 4.69) is 5.32 Å². The van der Waals surface area contributed by atoms with Crippen molar-refractivity contribution in [3.8, 4) is 28.0 Å². The number of rotatable bonds is 7. The van der Waals surface area contributed by atoms with Crippen LogP contribution in [0.5, 0.6) is 5.75 Å². The van der Waals surface area contributed by atoms with E-state index in [4.69, 9.17) is 27.9 Å². The van der Waals surface area contributed by atoms with Crippen LogP contribution >= 0.6 is 23.2 Å². The number of halogens is 4. The fourth-order valence-electron chi connectivity index (χ4n) is 3.89. The maximum Gasteiger partial charge on any atom is 0.328 e. The van der Waals surface area contributed by atoms with Crippen molar-refractivity contribution < 1.29 is 28.2 Å². The predicted octanol–water partition coefficient (Wildman–Crippen LogP) is 6.83. The summed E-state index contributed by atoms with van der Waals surface area (Å²) in [4.78, 5) is 25.6. The van der Waals surface area contributed by atoms with Crippen LogP contribution in [-0.2, 0) is 16.0 Å². The Morgan fingerprint density at radius 1 is 0.816 bits per heavy atom. The Balaban J connectivity index is 1.54. The van der Waals surface area contributed by atoms with Gasteiger partial charge in [0.05, 0.1) is 22.7 Å². The first-order valence-corrected chi connectivity index (χ1v) is 12.1. The Labute approximate surface area is 227 Å². The van der Waals surface area contributed by atoms with Crippen LogP contribution in [0.1, 0.15) is 15.9 Å². The summed E-state index contributed by atoms with van der Waals surface area (Å²) >= 11 is 11.8. The van der Waals surface area contributed by atoms with Gasteiger partial charge in [-0.05, 0) is 64.2 Å². The minimum absolute atomic E-state index is 0.00916. The van der Waals surface area contributed by atoms with Crippen LogP contribution in [0.4, 0.5) is 8.78 Å². The number of hydrogen-bond donors (Lipinski definition) is 2. The lowest BCUT2D eigenvalue weighted by Crippen LogP contribution is -2.43. The van der Waals surface area contributed by atoms with Gasteiger partial charge < -0.3 is 15.2 Å². The van der Waals surface area contributed by atoms with Crippen molar-refractivity contribution in [1.82, 2.24) is 5.32 Å². The summed E-state index contributed by atoms with van der Waals surface area (Å²) in [7, 11) is 1.21. The van der Waals surface area contributed by atoms with E-state index in [1.165, 1.54) is 49.6 Å². The molecule has 0 heterocycles. The summed E-state index contributed by atoms with van der Waals surface area (Å²) in [5, 5.41) is 12.9. The molecule has 0 aliphatic heterocycles. The number of aromatic hydroxyl groups is 1. The van der Waals surface area contributed by atoms with Crippen LogP contribution in [0, 0.1) is 11.6 Å². The second-order valence-electron chi connectivity index (χ2n) is 8.44. The molecule has 4 rings (SSSR count). The van der Waals surface area contributed by atoms with Crippen molar-refractivity contribution in [2.24, 2.45) is 0 Å². The number of ether oxygens (including phenoxy) is 1. The average Bonchev–Trinajstić information content (AvgIpc) is 2.91. The van der Waals surface area contributed by atoms with Gasteiger partial charge in [-0.3, -0.25) is 4.79 Å². The molecule has 0 radical (unpaired) electrons. The number of carbonyl (C=O) groups is 2. The molecule has 4 aromatic rings. The summed E-state index contributed by atoms with van der Waals surface area (Å²) in [5.74, 6) is -2.77. The third-order valence-electron chi connectivity index (χ3n) is 5.93. The molecule has 0 aliphatic carbocycles. The standard InChI is InChI=1S/C29H21Cl2F2NO4/c1-38-29(37)26(12-16-2-4-17(5-3-16)19-6-9-24(32)22(30)14-19)34-28(36)21-13-18(8-11-27(21)35)20-7-10-25(33)23(31)15-20/h2-11,13-15,26,35H,12H2,1H3,(H,34,36)/t26-/m0/s1. The minimum atomic E-state index is -1.05. The molecule has 5 nitrogen and oxygen atoms in total. The summed E-state index contributed by atoms with van der Waals surface area (Å²) < 4.78 is 31.9. The number of hydrogen-bond acceptors (Lipinski definition) is 4. The fraction of sp³-hybridized carbons (Fsp3) is 0.103. The third kappa shape index (κ3) is 6.13. The number of benzene rings is 4. The van der Waals surface area contributed by atoms with Gasteiger partial charge in [0, 0.05) is 6.42 Å². The van der Waals surface area contributed by atoms with E-state index < -0.39 is 29.6 Å². The molecule has 2 N–H and O–H groups in total. The van der Waals surface area contributed by atoms with Gasteiger partial charge in [-0.25, -0.2) is 13.6 Å². The molecule has 0 aromatic heterocycles. The van der Waals surface area contributed by atoms with E-state index in [0.29, 0.717) is 11.1 Å². The molecule has 38 heavy (non-hydrogen) atoms. The fourth-order valence-corrected chi connectivity index (χ4v) is 4.25. The van der Waals surface area contributed by atoms with Crippen LogP contribution < -0.4 is 5.32 Å². The van der Waals surface area contributed by atoms with Crippen LogP contribution in [0.25, 0.3) is 22.3 Å². The van der Waals surface area contributed by atoms with Gasteiger partial charge in [-0.2, -0.15) is 0 Å². The number of esters is 1. The van der Waals surface area contributed by atoms with E-state index in [-0.39, 0.29) is 27.8 Å². The van der Waals surface area contributed by atoms with Crippen molar-refractivity contribution in [2.75, 3.05) is 7.11 Å². The first kappa shape index (κ1) is 27.1. The first-order chi connectivity index (χ1) is 18.2. The Bertz CT molecular complexity index is 1510. The van der Waals surface area contributed by atoms with Crippen molar-refractivity contribution in [3.05, 3.63) is 112 Å². The molecule has 0 saturated heterocycles. The van der Waals surface area contributed by atoms with Gasteiger partial charge in [-0.1, -0.05) is 65.7 Å². The summed E-state index contributed by atoms with van der Waals surface area (Å²) in [5.41, 5.74) is 3.20. The van der Waals surface area contributed by atoms with Crippen LogP contribution in [0.15, 0.2) is 78.9 Å². The molecule has 0 aliphatic rings. The number of nitrogens with one attached hydrogen (secondary N) is 1. The van der Waals surface area contributed by atoms with Crippen molar-refractivity contribution in [3.63, 3.8) is 0 Å². The maximum atomic E-state index is 13.6. The second-order valence-corrected chi connectivity index (χ2v) is 9.25. The highest BCUT2D eigenvalue weighted by molar-refractivity contribution is 6.31. The quantitative estimate of drug-likeness (QED) is 0.245. The zero-order valence-electron chi connectivity index (χ0n) is 20.0. The average molecular weight is 556 g/mol. The second kappa shape index (κ2) is 11.6. The van der Waals surface area contributed by atoms with Crippen LogP contribution in [-0.4, -0.2) is 30.1 Å². The molecule has 1 amide bonds.